The number of amidine groups is 1. The zero-order chi connectivity index (χ0) is 32.0. The Hall–Kier alpha value is -4.70. The summed E-state index contributed by atoms with van der Waals surface area (Å²) >= 11 is 0. The van der Waals surface area contributed by atoms with E-state index in [2.05, 4.69) is 10.6 Å². The SMILES string of the molecule is Cc1ccc(C(=O)N(Cc2nc3cc(C(=N)N)ccc3n2CC(=O)NC2CCCCC2)c2ccc(OC3CCNCC3)cc2)cc1. The van der Waals surface area contributed by atoms with Crippen molar-refractivity contribution in [2.45, 2.75) is 77.1 Å². The Labute approximate surface area is 269 Å². The lowest BCUT2D eigenvalue weighted by Gasteiger charge is -2.26. The van der Waals surface area contributed by atoms with Crippen LogP contribution in [0.15, 0.2) is 66.7 Å². The lowest BCUT2D eigenvalue weighted by molar-refractivity contribution is -0.122. The van der Waals surface area contributed by atoms with Gasteiger partial charge in [-0.15, -0.1) is 0 Å². The van der Waals surface area contributed by atoms with Gasteiger partial charge in [0.15, 0.2) is 0 Å². The largest absolute Gasteiger partial charge is 0.490 e. The number of ether oxygens (including phenoxy) is 1. The molecule has 1 saturated heterocycles. The third-order valence-corrected chi connectivity index (χ3v) is 8.99. The highest BCUT2D eigenvalue weighted by atomic mass is 16.5. The third kappa shape index (κ3) is 7.39. The minimum atomic E-state index is -0.179. The molecule has 1 aliphatic carbocycles. The number of hydrogen-bond donors (Lipinski definition) is 4. The first-order valence-electron chi connectivity index (χ1n) is 16.3. The van der Waals surface area contributed by atoms with E-state index in [-0.39, 0.29) is 42.9 Å². The van der Waals surface area contributed by atoms with Crippen LogP contribution in [0.25, 0.3) is 11.0 Å². The number of hydrogen-bond acceptors (Lipinski definition) is 6. The summed E-state index contributed by atoms with van der Waals surface area (Å²) in [7, 11) is 0. The number of aryl methyl sites for hydroxylation is 1. The molecule has 0 radical (unpaired) electrons. The van der Waals surface area contributed by atoms with Crippen molar-refractivity contribution >= 4 is 34.4 Å². The van der Waals surface area contributed by atoms with Crippen molar-refractivity contribution in [3.8, 4) is 5.75 Å². The number of nitrogens with zero attached hydrogens (tertiary/aromatic N) is 3. The second-order valence-corrected chi connectivity index (χ2v) is 12.5. The van der Waals surface area contributed by atoms with E-state index in [1.54, 1.807) is 17.0 Å². The third-order valence-electron chi connectivity index (χ3n) is 8.99. The minimum Gasteiger partial charge on any atom is -0.490 e. The van der Waals surface area contributed by atoms with E-state index in [9.17, 15) is 9.59 Å². The van der Waals surface area contributed by atoms with Crippen LogP contribution in [-0.2, 0) is 17.9 Å². The molecule has 3 aromatic carbocycles. The fourth-order valence-electron chi connectivity index (χ4n) is 6.39. The highest BCUT2D eigenvalue weighted by molar-refractivity contribution is 6.06. The monoisotopic (exact) mass is 621 g/mol. The van der Waals surface area contributed by atoms with Crippen LogP contribution in [0.4, 0.5) is 5.69 Å². The van der Waals surface area contributed by atoms with Gasteiger partial charge in [-0.25, -0.2) is 4.98 Å². The van der Waals surface area contributed by atoms with Crippen molar-refractivity contribution in [1.29, 1.82) is 5.41 Å². The number of fused-ring (bicyclic) bond motifs is 1. The van der Waals surface area contributed by atoms with Crippen LogP contribution >= 0.6 is 0 Å². The fraction of sp³-hybridized carbons (Fsp3) is 0.389. The van der Waals surface area contributed by atoms with E-state index >= 15 is 0 Å². The second kappa shape index (κ2) is 14.2. The van der Waals surface area contributed by atoms with Crippen LogP contribution in [0.1, 0.15) is 72.3 Å². The van der Waals surface area contributed by atoms with Crippen molar-refractivity contribution in [3.05, 3.63) is 89.2 Å². The van der Waals surface area contributed by atoms with E-state index in [4.69, 9.17) is 20.9 Å². The van der Waals surface area contributed by atoms with E-state index in [0.29, 0.717) is 28.2 Å². The van der Waals surface area contributed by atoms with Crippen molar-refractivity contribution in [2.75, 3.05) is 18.0 Å². The first-order chi connectivity index (χ1) is 22.3. The molecule has 6 rings (SSSR count). The van der Waals surface area contributed by atoms with Crippen molar-refractivity contribution in [3.63, 3.8) is 0 Å². The van der Waals surface area contributed by atoms with Crippen molar-refractivity contribution in [1.82, 2.24) is 20.2 Å². The van der Waals surface area contributed by atoms with Gasteiger partial charge in [-0.1, -0.05) is 37.0 Å². The molecule has 10 nitrogen and oxygen atoms in total. The maximum atomic E-state index is 14.1. The summed E-state index contributed by atoms with van der Waals surface area (Å²) in [5.41, 5.74) is 10.0. The number of benzene rings is 3. The van der Waals surface area contributed by atoms with Gasteiger partial charge in [0.25, 0.3) is 5.91 Å². The number of imidazole rings is 1. The van der Waals surface area contributed by atoms with Gasteiger partial charge in [-0.3, -0.25) is 15.0 Å². The quantitative estimate of drug-likeness (QED) is 0.144. The van der Waals surface area contributed by atoms with Gasteiger partial charge in [0.2, 0.25) is 5.91 Å². The minimum absolute atomic E-state index is 0.0592. The number of anilines is 1. The Morgan fingerprint density at radius 2 is 1.67 bits per heavy atom. The smallest absolute Gasteiger partial charge is 0.258 e. The van der Waals surface area contributed by atoms with Crippen LogP contribution in [0.5, 0.6) is 5.75 Å². The first-order valence-corrected chi connectivity index (χ1v) is 16.3. The van der Waals surface area contributed by atoms with E-state index < -0.39 is 0 Å². The second-order valence-electron chi connectivity index (χ2n) is 12.5. The molecule has 0 spiro atoms. The molecular weight excluding hydrogens is 578 g/mol. The number of rotatable bonds is 10. The average Bonchev–Trinajstić information content (AvgIpc) is 3.40. The molecule has 5 N–H and O–H groups in total. The summed E-state index contributed by atoms with van der Waals surface area (Å²) in [5, 5.41) is 14.5. The molecule has 0 atom stereocenters. The first kappa shape index (κ1) is 31.3. The molecule has 0 unspecified atom stereocenters. The topological polar surface area (TPSA) is 138 Å². The molecule has 2 heterocycles. The molecule has 1 aromatic heterocycles. The van der Waals surface area contributed by atoms with Crippen LogP contribution in [-0.4, -0.2) is 52.4 Å². The van der Waals surface area contributed by atoms with Crippen LogP contribution in [0.3, 0.4) is 0 Å². The van der Waals surface area contributed by atoms with Gasteiger partial charge in [0.1, 0.15) is 30.1 Å². The zero-order valence-corrected chi connectivity index (χ0v) is 26.4. The molecule has 1 saturated carbocycles. The highest BCUT2D eigenvalue weighted by Crippen LogP contribution is 2.27. The molecule has 2 aliphatic rings. The van der Waals surface area contributed by atoms with E-state index in [1.807, 2.05) is 66.1 Å². The van der Waals surface area contributed by atoms with Crippen molar-refractivity contribution in [2.24, 2.45) is 5.73 Å². The Morgan fingerprint density at radius 3 is 2.37 bits per heavy atom. The lowest BCUT2D eigenvalue weighted by atomic mass is 9.95. The van der Waals surface area contributed by atoms with Gasteiger partial charge >= 0.3 is 0 Å². The Kier molecular flexibility index (Phi) is 9.63. The number of nitrogens with one attached hydrogen (secondary N) is 3. The summed E-state index contributed by atoms with van der Waals surface area (Å²) in [4.78, 5) is 34.1. The number of amides is 2. The van der Waals surface area contributed by atoms with Crippen molar-refractivity contribution < 1.29 is 14.3 Å². The molecule has 2 fully saturated rings. The molecule has 4 aromatic rings. The Balaban J connectivity index is 1.34. The number of carbonyl (C=O) groups excluding carboxylic acids is 2. The van der Waals surface area contributed by atoms with Crippen LogP contribution in [0, 0.1) is 12.3 Å². The van der Waals surface area contributed by atoms with E-state index in [1.165, 1.54) is 6.42 Å². The van der Waals surface area contributed by atoms with Gasteiger partial charge in [0.05, 0.1) is 17.6 Å². The maximum absolute atomic E-state index is 14.1. The average molecular weight is 622 g/mol. The standard InChI is InChI=1S/C36H43N7O3/c1-24-7-9-25(10-8-24)36(45)42(28-12-14-29(15-13-28)46-30-17-19-39-20-18-30)22-33-41-31-21-26(35(37)38)11-16-32(31)43(33)23-34(44)40-27-5-3-2-4-6-27/h7-16,21,27,30,39H,2-6,17-20,22-23H2,1H3,(H3,37,38)(H,40,44). The summed E-state index contributed by atoms with van der Waals surface area (Å²) < 4.78 is 8.11. The number of carbonyl (C=O) groups is 2. The molecule has 0 bridgehead atoms. The molecule has 1 aliphatic heterocycles. The summed E-state index contributed by atoms with van der Waals surface area (Å²) in [6, 6.07) is 20.7. The Bertz CT molecular complexity index is 1690. The van der Waals surface area contributed by atoms with Gasteiger partial charge < -0.3 is 30.6 Å². The normalized spacial score (nSPS) is 15.8. The lowest BCUT2D eigenvalue weighted by Crippen LogP contribution is -2.39. The van der Waals surface area contributed by atoms with Gasteiger partial charge in [-0.05, 0) is 100 Å². The molecule has 46 heavy (non-hydrogen) atoms. The molecular formula is C36H43N7O3. The number of nitrogens with two attached hydrogens (primary N) is 1. The molecule has 240 valence electrons. The number of aromatic nitrogens is 2. The molecule has 10 heteroatoms. The van der Waals surface area contributed by atoms with Gasteiger partial charge in [-0.2, -0.15) is 0 Å². The summed E-state index contributed by atoms with van der Waals surface area (Å²) in [6.07, 6.45) is 7.49. The number of piperidine rings is 1. The summed E-state index contributed by atoms with van der Waals surface area (Å²) in [5.74, 6) is 1.00. The maximum Gasteiger partial charge on any atom is 0.258 e. The van der Waals surface area contributed by atoms with Crippen LogP contribution in [0.2, 0.25) is 0 Å². The Morgan fingerprint density at radius 1 is 0.978 bits per heavy atom. The summed E-state index contributed by atoms with van der Waals surface area (Å²) in [6.45, 7) is 4.06. The van der Waals surface area contributed by atoms with Crippen LogP contribution < -0.4 is 26.0 Å². The number of nitrogen functional groups attached to an aromatic ring is 1. The fourth-order valence-corrected chi connectivity index (χ4v) is 6.39. The zero-order valence-electron chi connectivity index (χ0n) is 26.4. The van der Waals surface area contributed by atoms with Gasteiger partial charge in [0, 0.05) is 22.9 Å². The highest BCUT2D eigenvalue weighted by Gasteiger charge is 2.24. The van der Waals surface area contributed by atoms with E-state index in [0.717, 1.165) is 68.4 Å². The predicted octanol–water partition coefficient (Wildman–Crippen LogP) is 5.06. The predicted molar refractivity (Wildman–Crippen MR) is 180 cm³/mol. The molecule has 2 amide bonds.